The van der Waals surface area contributed by atoms with E-state index in [4.69, 9.17) is 16.3 Å². The minimum absolute atomic E-state index is 0.0834. The first-order chi connectivity index (χ1) is 10.2. The van der Waals surface area contributed by atoms with Crippen LogP contribution in [0.2, 0.25) is 0 Å². The van der Waals surface area contributed by atoms with Gasteiger partial charge < -0.3 is 10.1 Å². The summed E-state index contributed by atoms with van der Waals surface area (Å²) >= 11 is 5.53. The van der Waals surface area contributed by atoms with E-state index in [-0.39, 0.29) is 11.8 Å². The molecule has 4 heteroatoms. The van der Waals surface area contributed by atoms with Crippen LogP contribution in [0.3, 0.4) is 0 Å². The van der Waals surface area contributed by atoms with E-state index < -0.39 is 0 Å². The van der Waals surface area contributed by atoms with E-state index in [0.29, 0.717) is 31.6 Å². The van der Waals surface area contributed by atoms with E-state index in [9.17, 15) is 4.79 Å². The number of amides is 1. The van der Waals surface area contributed by atoms with E-state index >= 15 is 0 Å². The largest absolute Gasteiger partial charge is 0.380 e. The lowest BCUT2D eigenvalue weighted by Gasteiger charge is -2.22. The van der Waals surface area contributed by atoms with E-state index in [1.807, 2.05) is 30.3 Å². The SMILES string of the molecule is CCC(C)C(C(=O)NCCCOCCCl)c1ccccc1. The van der Waals surface area contributed by atoms with Crippen LogP contribution in [0, 0.1) is 5.92 Å². The molecule has 2 atom stereocenters. The molecule has 0 aliphatic heterocycles. The zero-order valence-corrected chi connectivity index (χ0v) is 13.7. The Morgan fingerprint density at radius 1 is 1.29 bits per heavy atom. The van der Waals surface area contributed by atoms with Gasteiger partial charge in [0, 0.05) is 19.0 Å². The highest BCUT2D eigenvalue weighted by molar-refractivity contribution is 6.17. The number of rotatable bonds is 10. The molecule has 1 amide bonds. The third kappa shape index (κ3) is 6.49. The Kier molecular flexibility index (Phi) is 9.11. The molecular weight excluding hydrogens is 286 g/mol. The van der Waals surface area contributed by atoms with Crippen molar-refractivity contribution in [1.82, 2.24) is 5.32 Å². The van der Waals surface area contributed by atoms with Gasteiger partial charge in [0.15, 0.2) is 0 Å². The van der Waals surface area contributed by atoms with Crippen LogP contribution in [-0.2, 0) is 9.53 Å². The molecule has 21 heavy (non-hydrogen) atoms. The Morgan fingerprint density at radius 3 is 2.62 bits per heavy atom. The summed E-state index contributed by atoms with van der Waals surface area (Å²) in [6.07, 6.45) is 1.79. The van der Waals surface area contributed by atoms with Gasteiger partial charge in [-0.25, -0.2) is 0 Å². The smallest absolute Gasteiger partial charge is 0.227 e. The lowest BCUT2D eigenvalue weighted by molar-refractivity contribution is -0.123. The summed E-state index contributed by atoms with van der Waals surface area (Å²) in [6.45, 7) is 6.08. The van der Waals surface area contributed by atoms with Gasteiger partial charge in [-0.1, -0.05) is 50.6 Å². The van der Waals surface area contributed by atoms with Crippen LogP contribution < -0.4 is 5.32 Å². The third-order valence-electron chi connectivity index (χ3n) is 3.64. The minimum atomic E-state index is -0.0834. The van der Waals surface area contributed by atoms with Crippen molar-refractivity contribution in [1.29, 1.82) is 0 Å². The van der Waals surface area contributed by atoms with Gasteiger partial charge in [-0.3, -0.25) is 4.79 Å². The number of hydrogen-bond donors (Lipinski definition) is 1. The van der Waals surface area contributed by atoms with Crippen LogP contribution in [0.15, 0.2) is 30.3 Å². The summed E-state index contributed by atoms with van der Waals surface area (Å²) in [6, 6.07) is 10.00. The van der Waals surface area contributed by atoms with Crippen LogP contribution in [0.4, 0.5) is 0 Å². The van der Waals surface area contributed by atoms with Crippen molar-refractivity contribution >= 4 is 17.5 Å². The summed E-state index contributed by atoms with van der Waals surface area (Å²) in [7, 11) is 0. The maximum Gasteiger partial charge on any atom is 0.227 e. The Hall–Kier alpha value is -1.06. The quantitative estimate of drug-likeness (QED) is 0.530. The van der Waals surface area contributed by atoms with E-state index in [1.165, 1.54) is 0 Å². The molecule has 1 N–H and O–H groups in total. The summed E-state index contributed by atoms with van der Waals surface area (Å²) < 4.78 is 5.30. The van der Waals surface area contributed by atoms with Crippen molar-refractivity contribution in [2.45, 2.75) is 32.6 Å². The molecule has 2 unspecified atom stereocenters. The lowest BCUT2D eigenvalue weighted by atomic mass is 9.85. The molecule has 0 aromatic heterocycles. The molecule has 0 spiro atoms. The van der Waals surface area contributed by atoms with Gasteiger partial charge in [-0.15, -0.1) is 11.6 Å². The number of hydrogen-bond acceptors (Lipinski definition) is 2. The molecular formula is C17H26ClNO2. The zero-order chi connectivity index (χ0) is 15.5. The van der Waals surface area contributed by atoms with E-state index in [1.54, 1.807) is 0 Å². The molecule has 0 bridgehead atoms. The number of halogens is 1. The van der Waals surface area contributed by atoms with Crippen molar-refractivity contribution < 1.29 is 9.53 Å². The summed E-state index contributed by atoms with van der Waals surface area (Å²) in [5.41, 5.74) is 1.09. The highest BCUT2D eigenvalue weighted by atomic mass is 35.5. The van der Waals surface area contributed by atoms with E-state index in [2.05, 4.69) is 19.2 Å². The molecule has 0 saturated carbocycles. The first kappa shape index (κ1) is 18.0. The predicted molar refractivity (Wildman–Crippen MR) is 87.8 cm³/mol. The zero-order valence-electron chi connectivity index (χ0n) is 13.0. The van der Waals surface area contributed by atoms with Gasteiger partial charge in [0.05, 0.1) is 12.5 Å². The molecule has 0 radical (unpaired) electrons. The van der Waals surface area contributed by atoms with Crippen LogP contribution in [0.25, 0.3) is 0 Å². The molecule has 118 valence electrons. The molecule has 0 aliphatic carbocycles. The maximum absolute atomic E-state index is 12.5. The van der Waals surface area contributed by atoms with Gasteiger partial charge >= 0.3 is 0 Å². The van der Waals surface area contributed by atoms with Gasteiger partial charge in [0.2, 0.25) is 5.91 Å². The molecule has 1 rings (SSSR count). The van der Waals surface area contributed by atoms with Crippen molar-refractivity contribution in [2.24, 2.45) is 5.92 Å². The molecule has 0 fully saturated rings. The van der Waals surface area contributed by atoms with Crippen LogP contribution in [0.5, 0.6) is 0 Å². The maximum atomic E-state index is 12.5. The van der Waals surface area contributed by atoms with Crippen LogP contribution >= 0.6 is 11.6 Å². The minimum Gasteiger partial charge on any atom is -0.380 e. The van der Waals surface area contributed by atoms with Crippen LogP contribution in [-0.4, -0.2) is 31.5 Å². The summed E-state index contributed by atoms with van der Waals surface area (Å²) in [4.78, 5) is 12.5. The van der Waals surface area contributed by atoms with Crippen molar-refractivity contribution in [3.8, 4) is 0 Å². The highest BCUT2D eigenvalue weighted by Crippen LogP contribution is 2.27. The Balaban J connectivity index is 2.49. The first-order valence-electron chi connectivity index (χ1n) is 7.67. The van der Waals surface area contributed by atoms with Crippen molar-refractivity contribution in [2.75, 3.05) is 25.6 Å². The fourth-order valence-corrected chi connectivity index (χ4v) is 2.40. The van der Waals surface area contributed by atoms with Gasteiger partial charge in [0.25, 0.3) is 0 Å². The molecule has 1 aromatic rings. The molecule has 1 aromatic carbocycles. The first-order valence-corrected chi connectivity index (χ1v) is 8.20. The predicted octanol–water partition coefficient (Wildman–Crippen LogP) is 3.58. The molecule has 0 heterocycles. The number of carbonyl (C=O) groups is 1. The Labute approximate surface area is 133 Å². The van der Waals surface area contributed by atoms with Crippen molar-refractivity contribution in [3.05, 3.63) is 35.9 Å². The van der Waals surface area contributed by atoms with Gasteiger partial charge in [-0.05, 0) is 17.9 Å². The average Bonchev–Trinajstić information content (AvgIpc) is 2.51. The lowest BCUT2D eigenvalue weighted by Crippen LogP contribution is -2.33. The van der Waals surface area contributed by atoms with E-state index in [0.717, 1.165) is 18.4 Å². The number of nitrogens with one attached hydrogen (secondary N) is 1. The number of alkyl halides is 1. The normalized spacial score (nSPS) is 13.7. The second-order valence-electron chi connectivity index (χ2n) is 5.22. The Bertz CT molecular complexity index is 397. The monoisotopic (exact) mass is 311 g/mol. The van der Waals surface area contributed by atoms with Crippen molar-refractivity contribution in [3.63, 3.8) is 0 Å². The second kappa shape index (κ2) is 10.6. The highest BCUT2D eigenvalue weighted by Gasteiger charge is 2.25. The van der Waals surface area contributed by atoms with Gasteiger partial charge in [-0.2, -0.15) is 0 Å². The standard InChI is InChI=1S/C17H26ClNO2/c1-3-14(2)16(15-8-5-4-6-9-15)17(20)19-11-7-12-21-13-10-18/h4-6,8-9,14,16H,3,7,10-13H2,1-2H3,(H,19,20). The number of carbonyl (C=O) groups excluding carboxylic acids is 1. The fourth-order valence-electron chi connectivity index (χ4n) is 2.29. The summed E-state index contributed by atoms with van der Waals surface area (Å²) in [5.74, 6) is 0.851. The van der Waals surface area contributed by atoms with Crippen LogP contribution in [0.1, 0.15) is 38.2 Å². The third-order valence-corrected chi connectivity index (χ3v) is 3.79. The second-order valence-corrected chi connectivity index (χ2v) is 5.60. The molecule has 0 aliphatic rings. The average molecular weight is 312 g/mol. The number of ether oxygens (including phenoxy) is 1. The molecule has 3 nitrogen and oxygen atoms in total. The molecule has 0 saturated heterocycles. The topological polar surface area (TPSA) is 38.3 Å². The Morgan fingerprint density at radius 2 is 2.00 bits per heavy atom. The van der Waals surface area contributed by atoms with Gasteiger partial charge in [0.1, 0.15) is 0 Å². The fraction of sp³-hybridized carbons (Fsp3) is 0.588. The number of benzene rings is 1. The summed E-state index contributed by atoms with van der Waals surface area (Å²) in [5, 5.41) is 3.02.